The van der Waals surface area contributed by atoms with Crippen LogP contribution in [0.2, 0.25) is 5.02 Å². The second-order valence-electron chi connectivity index (χ2n) is 4.80. The zero-order chi connectivity index (χ0) is 15.6. The number of rotatable bonds is 3. The van der Waals surface area contributed by atoms with Crippen LogP contribution in [0.5, 0.6) is 0 Å². The highest BCUT2D eigenvalue weighted by Gasteiger charge is 2.33. The highest BCUT2D eigenvalue weighted by Crippen LogP contribution is 2.40. The number of benzene rings is 2. The van der Waals surface area contributed by atoms with Gasteiger partial charge in [-0.25, -0.2) is 0 Å². The number of alkyl halides is 3. The van der Waals surface area contributed by atoms with Gasteiger partial charge in [-0.05, 0) is 36.1 Å². The van der Waals surface area contributed by atoms with Gasteiger partial charge in [0.1, 0.15) is 0 Å². The molecule has 110 valence electrons. The molecule has 2 aromatic rings. The number of hydrogen-bond acceptors (Lipinski definition) is 0. The summed E-state index contributed by atoms with van der Waals surface area (Å²) in [6.45, 7) is 5.64. The zero-order valence-corrected chi connectivity index (χ0v) is 12.2. The van der Waals surface area contributed by atoms with E-state index in [0.29, 0.717) is 17.5 Å². The summed E-state index contributed by atoms with van der Waals surface area (Å²) in [5.74, 6) is 0. The zero-order valence-electron chi connectivity index (χ0n) is 11.5. The van der Waals surface area contributed by atoms with Crippen LogP contribution in [0.25, 0.3) is 11.1 Å². The van der Waals surface area contributed by atoms with Crippen LogP contribution < -0.4 is 0 Å². The van der Waals surface area contributed by atoms with Crippen LogP contribution in [0.1, 0.15) is 16.7 Å². The standard InChI is InChI=1S/C17H14ClF3/c1-3-5-12-10-13(9-8-11(12)2)14-6-4-7-15(16(14)18)17(19,20)21/h3-4,6-10H,1,5H2,2H3. The summed E-state index contributed by atoms with van der Waals surface area (Å²) in [6, 6.07) is 9.48. The average Bonchev–Trinajstić information content (AvgIpc) is 2.41. The van der Waals surface area contributed by atoms with Gasteiger partial charge in [0.15, 0.2) is 0 Å². The van der Waals surface area contributed by atoms with Crippen molar-refractivity contribution in [2.24, 2.45) is 0 Å². The molecular formula is C17H14ClF3. The van der Waals surface area contributed by atoms with E-state index >= 15 is 0 Å². The van der Waals surface area contributed by atoms with Crippen molar-refractivity contribution in [1.82, 2.24) is 0 Å². The largest absolute Gasteiger partial charge is 0.417 e. The predicted molar refractivity (Wildman–Crippen MR) is 80.5 cm³/mol. The second kappa shape index (κ2) is 5.94. The molecule has 21 heavy (non-hydrogen) atoms. The van der Waals surface area contributed by atoms with E-state index in [1.54, 1.807) is 18.2 Å². The third-order valence-corrected chi connectivity index (χ3v) is 3.74. The maximum Gasteiger partial charge on any atom is 0.417 e. The lowest BCUT2D eigenvalue weighted by molar-refractivity contribution is -0.137. The fourth-order valence-electron chi connectivity index (χ4n) is 2.19. The Bertz CT molecular complexity index is 672. The van der Waals surface area contributed by atoms with Gasteiger partial charge in [0.2, 0.25) is 0 Å². The highest BCUT2D eigenvalue weighted by molar-refractivity contribution is 6.34. The third-order valence-electron chi connectivity index (χ3n) is 3.33. The molecule has 0 radical (unpaired) electrons. The van der Waals surface area contributed by atoms with Gasteiger partial charge in [0.25, 0.3) is 0 Å². The minimum absolute atomic E-state index is 0.265. The van der Waals surface area contributed by atoms with E-state index in [1.165, 1.54) is 6.07 Å². The van der Waals surface area contributed by atoms with Crippen molar-refractivity contribution < 1.29 is 13.2 Å². The minimum atomic E-state index is -4.46. The van der Waals surface area contributed by atoms with Crippen LogP contribution in [0, 0.1) is 6.92 Å². The molecular weight excluding hydrogens is 297 g/mol. The molecule has 0 atom stereocenters. The van der Waals surface area contributed by atoms with E-state index in [-0.39, 0.29) is 5.02 Å². The summed E-state index contributed by atoms with van der Waals surface area (Å²) in [7, 11) is 0. The van der Waals surface area contributed by atoms with Crippen molar-refractivity contribution in [2.45, 2.75) is 19.5 Å². The molecule has 0 bridgehead atoms. The van der Waals surface area contributed by atoms with Crippen molar-refractivity contribution in [3.05, 3.63) is 70.8 Å². The Morgan fingerprint density at radius 1 is 1.19 bits per heavy atom. The quantitative estimate of drug-likeness (QED) is 0.604. The van der Waals surface area contributed by atoms with Crippen molar-refractivity contribution in [2.75, 3.05) is 0 Å². The third kappa shape index (κ3) is 3.30. The van der Waals surface area contributed by atoms with Gasteiger partial charge in [-0.3, -0.25) is 0 Å². The first kappa shape index (κ1) is 15.6. The summed E-state index contributed by atoms with van der Waals surface area (Å²) < 4.78 is 38.7. The summed E-state index contributed by atoms with van der Waals surface area (Å²) >= 11 is 5.96. The molecule has 0 saturated carbocycles. The molecule has 0 heterocycles. The maximum atomic E-state index is 12.9. The van der Waals surface area contributed by atoms with Crippen molar-refractivity contribution in [3.63, 3.8) is 0 Å². The molecule has 0 nitrogen and oxygen atoms in total. The number of aryl methyl sites for hydroxylation is 1. The predicted octanol–water partition coefficient (Wildman–Crippen LogP) is 6.06. The second-order valence-corrected chi connectivity index (χ2v) is 5.18. The van der Waals surface area contributed by atoms with Gasteiger partial charge in [0, 0.05) is 5.56 Å². The molecule has 0 fully saturated rings. The first-order chi connectivity index (χ1) is 9.84. The summed E-state index contributed by atoms with van der Waals surface area (Å²) in [6.07, 6.45) is -2.03. The van der Waals surface area contributed by atoms with Gasteiger partial charge in [-0.15, -0.1) is 6.58 Å². The van der Waals surface area contributed by atoms with E-state index in [0.717, 1.165) is 17.2 Å². The minimum Gasteiger partial charge on any atom is -0.166 e. The summed E-state index contributed by atoms with van der Waals surface area (Å²) in [5.41, 5.74) is 2.34. The van der Waals surface area contributed by atoms with E-state index in [2.05, 4.69) is 6.58 Å². The van der Waals surface area contributed by atoms with Gasteiger partial charge in [-0.2, -0.15) is 13.2 Å². The van der Waals surface area contributed by atoms with Crippen LogP contribution >= 0.6 is 11.6 Å². The SMILES string of the molecule is C=CCc1cc(-c2cccc(C(F)(F)F)c2Cl)ccc1C. The van der Waals surface area contributed by atoms with E-state index in [9.17, 15) is 13.2 Å². The van der Waals surface area contributed by atoms with Crippen molar-refractivity contribution in [3.8, 4) is 11.1 Å². The molecule has 0 unspecified atom stereocenters. The number of halogens is 4. The molecule has 0 aliphatic carbocycles. The normalized spacial score (nSPS) is 11.5. The van der Waals surface area contributed by atoms with E-state index in [4.69, 9.17) is 11.6 Å². The monoisotopic (exact) mass is 310 g/mol. The molecule has 0 saturated heterocycles. The molecule has 0 N–H and O–H groups in total. The van der Waals surface area contributed by atoms with Gasteiger partial charge in [0.05, 0.1) is 10.6 Å². The molecule has 0 spiro atoms. The first-order valence-corrected chi connectivity index (χ1v) is 6.79. The Kier molecular flexibility index (Phi) is 4.43. The van der Waals surface area contributed by atoms with Crippen LogP contribution in [-0.2, 0) is 12.6 Å². The smallest absolute Gasteiger partial charge is 0.166 e. The molecule has 0 aromatic heterocycles. The van der Waals surface area contributed by atoms with Crippen LogP contribution in [0.4, 0.5) is 13.2 Å². The molecule has 0 aliphatic rings. The molecule has 0 aliphatic heterocycles. The summed E-state index contributed by atoms with van der Waals surface area (Å²) in [5, 5.41) is -0.265. The lowest BCUT2D eigenvalue weighted by atomic mass is 9.97. The summed E-state index contributed by atoms with van der Waals surface area (Å²) in [4.78, 5) is 0. The van der Waals surface area contributed by atoms with Gasteiger partial charge < -0.3 is 0 Å². The Balaban J connectivity index is 2.57. The fraction of sp³-hybridized carbons (Fsp3) is 0.176. The van der Waals surface area contributed by atoms with Gasteiger partial charge in [-0.1, -0.05) is 48.0 Å². The Morgan fingerprint density at radius 2 is 1.90 bits per heavy atom. The molecule has 2 rings (SSSR count). The molecule has 2 aromatic carbocycles. The van der Waals surface area contributed by atoms with Crippen LogP contribution in [-0.4, -0.2) is 0 Å². The van der Waals surface area contributed by atoms with E-state index in [1.807, 2.05) is 19.1 Å². The van der Waals surface area contributed by atoms with Gasteiger partial charge >= 0.3 is 6.18 Å². The lowest BCUT2D eigenvalue weighted by Gasteiger charge is -2.14. The molecule has 0 amide bonds. The molecule has 4 heteroatoms. The number of allylic oxidation sites excluding steroid dienone is 1. The Labute approximate surface area is 126 Å². The van der Waals surface area contributed by atoms with Crippen LogP contribution in [0.15, 0.2) is 49.1 Å². The van der Waals surface area contributed by atoms with E-state index < -0.39 is 11.7 Å². The number of hydrogen-bond donors (Lipinski definition) is 0. The fourth-order valence-corrected chi connectivity index (χ4v) is 2.53. The Hall–Kier alpha value is -1.74. The highest BCUT2D eigenvalue weighted by atomic mass is 35.5. The van der Waals surface area contributed by atoms with Crippen molar-refractivity contribution >= 4 is 11.6 Å². The first-order valence-electron chi connectivity index (χ1n) is 6.41. The Morgan fingerprint density at radius 3 is 2.52 bits per heavy atom. The lowest BCUT2D eigenvalue weighted by Crippen LogP contribution is -2.06. The van der Waals surface area contributed by atoms with Crippen LogP contribution in [0.3, 0.4) is 0 Å². The van der Waals surface area contributed by atoms with Crippen molar-refractivity contribution in [1.29, 1.82) is 0 Å². The average molecular weight is 311 g/mol. The topological polar surface area (TPSA) is 0 Å². The maximum absolute atomic E-state index is 12.9.